The fraction of sp³-hybridized carbons (Fsp3) is 0.632. The summed E-state index contributed by atoms with van der Waals surface area (Å²) in [5.74, 6) is 1.42. The lowest BCUT2D eigenvalue weighted by molar-refractivity contribution is -0.0605. The largest absolute Gasteiger partial charge is 0.379 e. The number of halogens is 2. The smallest absolute Gasteiger partial charge is 0.193 e. The summed E-state index contributed by atoms with van der Waals surface area (Å²) in [7, 11) is 1.79. The van der Waals surface area contributed by atoms with E-state index in [-0.39, 0.29) is 42.0 Å². The highest BCUT2D eigenvalue weighted by Gasteiger charge is 2.28. The number of aliphatic imine (C=N–C) groups is 1. The van der Waals surface area contributed by atoms with Crippen LogP contribution in [0.5, 0.6) is 0 Å². The van der Waals surface area contributed by atoms with Crippen molar-refractivity contribution in [3.05, 3.63) is 35.6 Å². The van der Waals surface area contributed by atoms with Crippen molar-refractivity contribution in [3.63, 3.8) is 0 Å². The van der Waals surface area contributed by atoms with Crippen LogP contribution >= 0.6 is 24.0 Å². The number of ether oxygens (including phenoxy) is 2. The molecule has 0 radical (unpaired) electrons. The second-order valence-electron chi connectivity index (χ2n) is 6.88. The minimum absolute atomic E-state index is 0. The minimum atomic E-state index is -0.229. The Hall–Kier alpha value is -0.930. The highest BCUT2D eigenvalue weighted by molar-refractivity contribution is 14.0. The third-order valence-corrected chi connectivity index (χ3v) is 4.59. The number of nitrogens with one attached hydrogen (secondary N) is 1. The number of morpholine rings is 1. The van der Waals surface area contributed by atoms with Crippen LogP contribution in [0.4, 0.5) is 4.39 Å². The van der Waals surface area contributed by atoms with E-state index in [1.54, 1.807) is 19.2 Å². The van der Waals surface area contributed by atoms with Crippen molar-refractivity contribution in [1.82, 2.24) is 10.2 Å². The Morgan fingerprint density at radius 1 is 1.31 bits per heavy atom. The highest BCUT2D eigenvalue weighted by Crippen LogP contribution is 2.28. The number of hydrogen-bond donors (Lipinski definition) is 1. The van der Waals surface area contributed by atoms with E-state index in [4.69, 9.17) is 9.47 Å². The Morgan fingerprint density at radius 3 is 2.69 bits per heavy atom. The normalized spacial score (nSPS) is 23.5. The van der Waals surface area contributed by atoms with Gasteiger partial charge in [-0.15, -0.1) is 24.0 Å². The number of benzene rings is 1. The topological polar surface area (TPSA) is 46.1 Å². The van der Waals surface area contributed by atoms with Gasteiger partial charge in [-0.05, 0) is 43.4 Å². The molecule has 0 aromatic heterocycles. The molecule has 0 spiro atoms. The summed E-state index contributed by atoms with van der Waals surface area (Å²) in [4.78, 5) is 6.59. The van der Waals surface area contributed by atoms with Crippen LogP contribution in [0.25, 0.3) is 0 Å². The number of rotatable bonds is 6. The van der Waals surface area contributed by atoms with Gasteiger partial charge in [-0.1, -0.05) is 12.1 Å². The Balaban J connectivity index is 0.00000243. The van der Waals surface area contributed by atoms with Gasteiger partial charge in [0.15, 0.2) is 5.96 Å². The standard InChI is InChI=1S/C19H28FN3O2.HI/c1-14-11-23(12-18(25-14)16-5-7-17(20)8-6-16)19(21-2)22-9-10-24-13-15-3-4-15;/h5-8,14-15,18H,3-4,9-13H2,1-2H3,(H,21,22);1H. The van der Waals surface area contributed by atoms with Crippen LogP contribution < -0.4 is 5.32 Å². The van der Waals surface area contributed by atoms with Crippen LogP contribution in [-0.2, 0) is 9.47 Å². The SMILES string of the molecule is CN=C(NCCOCC1CC1)N1CC(C)OC(c2ccc(F)cc2)C1.I. The predicted molar refractivity (Wildman–Crippen MR) is 112 cm³/mol. The van der Waals surface area contributed by atoms with E-state index in [1.807, 2.05) is 0 Å². The van der Waals surface area contributed by atoms with E-state index >= 15 is 0 Å². The van der Waals surface area contributed by atoms with E-state index in [0.717, 1.165) is 37.1 Å². The second kappa shape index (κ2) is 10.4. The van der Waals surface area contributed by atoms with Crippen molar-refractivity contribution in [3.8, 4) is 0 Å². The molecular weight excluding hydrogens is 448 g/mol. The molecule has 0 amide bonds. The Kier molecular flexibility index (Phi) is 8.56. The van der Waals surface area contributed by atoms with Gasteiger partial charge in [0.1, 0.15) is 11.9 Å². The van der Waals surface area contributed by atoms with Crippen LogP contribution in [0, 0.1) is 11.7 Å². The lowest BCUT2D eigenvalue weighted by Gasteiger charge is -2.38. The first kappa shape index (κ1) is 21.4. The van der Waals surface area contributed by atoms with Gasteiger partial charge in [0.05, 0.1) is 19.3 Å². The number of nitrogens with zero attached hydrogens (tertiary/aromatic N) is 2. The van der Waals surface area contributed by atoms with E-state index in [1.165, 1.54) is 25.0 Å². The summed E-state index contributed by atoms with van der Waals surface area (Å²) < 4.78 is 24.9. The van der Waals surface area contributed by atoms with Gasteiger partial charge in [0.25, 0.3) is 0 Å². The average molecular weight is 477 g/mol. The molecule has 7 heteroatoms. The van der Waals surface area contributed by atoms with Gasteiger partial charge in [0.2, 0.25) is 0 Å². The summed E-state index contributed by atoms with van der Waals surface area (Å²) in [5.41, 5.74) is 0.987. The summed E-state index contributed by atoms with van der Waals surface area (Å²) in [5, 5.41) is 3.37. The molecule has 2 fully saturated rings. The molecule has 5 nitrogen and oxygen atoms in total. The fourth-order valence-electron chi connectivity index (χ4n) is 3.09. The molecule has 1 saturated carbocycles. The molecule has 1 heterocycles. The summed E-state index contributed by atoms with van der Waals surface area (Å²) in [6.45, 7) is 5.83. The Morgan fingerprint density at radius 2 is 2.04 bits per heavy atom. The molecule has 1 aliphatic carbocycles. The second-order valence-corrected chi connectivity index (χ2v) is 6.88. The highest BCUT2D eigenvalue weighted by atomic mass is 127. The van der Waals surface area contributed by atoms with Crippen LogP contribution in [0.3, 0.4) is 0 Å². The predicted octanol–water partition coefficient (Wildman–Crippen LogP) is 3.21. The van der Waals surface area contributed by atoms with Crippen LogP contribution in [0.1, 0.15) is 31.4 Å². The van der Waals surface area contributed by atoms with Crippen molar-refractivity contribution >= 4 is 29.9 Å². The molecule has 2 unspecified atom stereocenters. The summed E-state index contributed by atoms with van der Waals surface area (Å²) in [6, 6.07) is 6.54. The van der Waals surface area contributed by atoms with E-state index < -0.39 is 0 Å². The molecule has 2 atom stereocenters. The Bertz CT molecular complexity index is 581. The van der Waals surface area contributed by atoms with Crippen LogP contribution in [0.15, 0.2) is 29.3 Å². The van der Waals surface area contributed by atoms with Gasteiger partial charge in [-0.25, -0.2) is 4.39 Å². The molecule has 1 N–H and O–H groups in total. The molecule has 146 valence electrons. The first-order valence-corrected chi connectivity index (χ1v) is 9.10. The number of hydrogen-bond acceptors (Lipinski definition) is 3. The van der Waals surface area contributed by atoms with Crippen molar-refractivity contribution < 1.29 is 13.9 Å². The van der Waals surface area contributed by atoms with Crippen molar-refractivity contribution in [2.24, 2.45) is 10.9 Å². The third kappa shape index (κ3) is 6.35. The van der Waals surface area contributed by atoms with Crippen LogP contribution in [0.2, 0.25) is 0 Å². The van der Waals surface area contributed by atoms with Crippen molar-refractivity contribution in [2.75, 3.05) is 39.9 Å². The van der Waals surface area contributed by atoms with E-state index in [2.05, 4.69) is 22.1 Å². The zero-order chi connectivity index (χ0) is 17.6. The van der Waals surface area contributed by atoms with Crippen molar-refractivity contribution in [2.45, 2.75) is 32.0 Å². The Labute approximate surface area is 172 Å². The molecule has 1 aliphatic heterocycles. The quantitative estimate of drug-likeness (QED) is 0.296. The molecule has 26 heavy (non-hydrogen) atoms. The maximum absolute atomic E-state index is 13.2. The monoisotopic (exact) mass is 477 g/mol. The first-order chi connectivity index (χ1) is 12.2. The van der Waals surface area contributed by atoms with E-state index in [9.17, 15) is 4.39 Å². The molecule has 0 bridgehead atoms. The maximum Gasteiger partial charge on any atom is 0.193 e. The average Bonchev–Trinajstić information content (AvgIpc) is 3.42. The van der Waals surface area contributed by atoms with Gasteiger partial charge >= 0.3 is 0 Å². The fourth-order valence-corrected chi connectivity index (χ4v) is 3.09. The molecule has 1 aromatic carbocycles. The minimum Gasteiger partial charge on any atom is -0.379 e. The molecule has 2 aliphatic rings. The lowest BCUT2D eigenvalue weighted by atomic mass is 10.1. The number of guanidine groups is 1. The zero-order valence-corrected chi connectivity index (χ0v) is 17.8. The first-order valence-electron chi connectivity index (χ1n) is 9.10. The lowest BCUT2D eigenvalue weighted by Crippen LogP contribution is -2.51. The molecular formula is C19H29FIN3O2. The van der Waals surface area contributed by atoms with Gasteiger partial charge in [0, 0.05) is 26.7 Å². The van der Waals surface area contributed by atoms with Crippen molar-refractivity contribution in [1.29, 1.82) is 0 Å². The summed E-state index contributed by atoms with van der Waals surface area (Å²) >= 11 is 0. The molecule has 1 saturated heterocycles. The van der Waals surface area contributed by atoms with Gasteiger partial charge in [-0.2, -0.15) is 0 Å². The molecule has 3 rings (SSSR count). The van der Waals surface area contributed by atoms with Gasteiger partial charge in [-0.3, -0.25) is 4.99 Å². The van der Waals surface area contributed by atoms with E-state index in [0.29, 0.717) is 13.2 Å². The summed E-state index contributed by atoms with van der Waals surface area (Å²) in [6.07, 6.45) is 2.61. The van der Waals surface area contributed by atoms with Gasteiger partial charge < -0.3 is 19.7 Å². The van der Waals surface area contributed by atoms with Crippen LogP contribution in [-0.4, -0.2) is 56.9 Å². The maximum atomic E-state index is 13.2. The third-order valence-electron chi connectivity index (χ3n) is 4.59. The molecule has 1 aromatic rings. The zero-order valence-electron chi connectivity index (χ0n) is 15.5.